The van der Waals surface area contributed by atoms with Gasteiger partial charge in [-0.15, -0.1) is 11.3 Å². The molecule has 0 aliphatic carbocycles. The number of rotatable bonds is 5. The van der Waals surface area contributed by atoms with Gasteiger partial charge in [-0.2, -0.15) is 0 Å². The SMILES string of the molecule is CC(=O)N(c1nc(COC(=O)c2cccc(C)c2C)cs1)c1c(C)cccc1C. The van der Waals surface area contributed by atoms with Crippen molar-refractivity contribution in [1.29, 1.82) is 0 Å². The zero-order valence-corrected chi connectivity index (χ0v) is 18.1. The molecule has 1 aromatic heterocycles. The van der Waals surface area contributed by atoms with Crippen LogP contribution in [0, 0.1) is 27.7 Å². The molecule has 3 aromatic rings. The summed E-state index contributed by atoms with van der Waals surface area (Å²) in [6, 6.07) is 11.5. The number of anilines is 2. The first-order valence-corrected chi connectivity index (χ1v) is 10.2. The van der Waals surface area contributed by atoms with Crippen molar-refractivity contribution < 1.29 is 14.3 Å². The predicted molar refractivity (Wildman–Crippen MR) is 116 cm³/mol. The smallest absolute Gasteiger partial charge is 0.338 e. The molecule has 0 atom stereocenters. The van der Waals surface area contributed by atoms with E-state index < -0.39 is 0 Å². The normalized spacial score (nSPS) is 10.7. The van der Waals surface area contributed by atoms with Gasteiger partial charge in [0.15, 0.2) is 5.13 Å². The second kappa shape index (κ2) is 8.57. The first kappa shape index (κ1) is 20.7. The summed E-state index contributed by atoms with van der Waals surface area (Å²) >= 11 is 1.35. The first-order valence-electron chi connectivity index (χ1n) is 9.34. The molecule has 3 rings (SSSR count). The number of hydrogen-bond donors (Lipinski definition) is 0. The highest BCUT2D eigenvalue weighted by molar-refractivity contribution is 7.14. The van der Waals surface area contributed by atoms with E-state index in [2.05, 4.69) is 4.98 Å². The van der Waals surface area contributed by atoms with E-state index in [-0.39, 0.29) is 18.5 Å². The van der Waals surface area contributed by atoms with Crippen molar-refractivity contribution in [2.24, 2.45) is 0 Å². The fourth-order valence-corrected chi connectivity index (χ4v) is 4.06. The largest absolute Gasteiger partial charge is 0.456 e. The molecule has 0 aliphatic rings. The summed E-state index contributed by atoms with van der Waals surface area (Å²) < 4.78 is 5.46. The van der Waals surface area contributed by atoms with Gasteiger partial charge in [0.05, 0.1) is 16.9 Å². The van der Waals surface area contributed by atoms with Crippen molar-refractivity contribution in [3.05, 3.63) is 75.3 Å². The summed E-state index contributed by atoms with van der Waals surface area (Å²) in [5.74, 6) is -0.491. The van der Waals surface area contributed by atoms with Crippen LogP contribution in [0.4, 0.5) is 10.8 Å². The number of aryl methyl sites for hydroxylation is 3. The molecule has 150 valence electrons. The number of ether oxygens (including phenoxy) is 1. The van der Waals surface area contributed by atoms with Gasteiger partial charge >= 0.3 is 5.97 Å². The van der Waals surface area contributed by atoms with Crippen molar-refractivity contribution >= 4 is 34.0 Å². The van der Waals surface area contributed by atoms with E-state index >= 15 is 0 Å². The third-order valence-electron chi connectivity index (χ3n) is 4.88. The number of nitrogens with zero attached hydrogens (tertiary/aromatic N) is 2. The summed E-state index contributed by atoms with van der Waals surface area (Å²) in [4.78, 5) is 31.0. The van der Waals surface area contributed by atoms with E-state index in [1.54, 1.807) is 11.0 Å². The van der Waals surface area contributed by atoms with Crippen LogP contribution in [-0.2, 0) is 16.1 Å². The van der Waals surface area contributed by atoms with Gasteiger partial charge in [-0.3, -0.25) is 9.69 Å². The molecule has 0 bridgehead atoms. The van der Waals surface area contributed by atoms with Gasteiger partial charge in [-0.25, -0.2) is 9.78 Å². The predicted octanol–water partition coefficient (Wildman–Crippen LogP) is 5.42. The molecular weight excluding hydrogens is 384 g/mol. The Labute approximate surface area is 175 Å². The van der Waals surface area contributed by atoms with Gasteiger partial charge in [0.2, 0.25) is 5.91 Å². The van der Waals surface area contributed by atoms with Crippen LogP contribution in [0.5, 0.6) is 0 Å². The van der Waals surface area contributed by atoms with Crippen LogP contribution >= 0.6 is 11.3 Å². The van der Waals surface area contributed by atoms with Crippen molar-refractivity contribution in [2.45, 2.75) is 41.2 Å². The van der Waals surface area contributed by atoms with Gasteiger partial charge in [0, 0.05) is 12.3 Å². The van der Waals surface area contributed by atoms with E-state index in [4.69, 9.17) is 4.74 Å². The number of hydrogen-bond acceptors (Lipinski definition) is 5. The van der Waals surface area contributed by atoms with Gasteiger partial charge in [0.25, 0.3) is 0 Å². The fourth-order valence-electron chi connectivity index (χ4n) is 3.20. The quantitative estimate of drug-likeness (QED) is 0.529. The number of para-hydroxylation sites is 1. The minimum atomic E-state index is -0.376. The summed E-state index contributed by atoms with van der Waals surface area (Å²) in [6.45, 7) is 9.39. The number of carbonyl (C=O) groups is 2. The van der Waals surface area contributed by atoms with Crippen LogP contribution in [0.2, 0.25) is 0 Å². The minimum absolute atomic E-state index is 0.0568. The van der Waals surface area contributed by atoms with Gasteiger partial charge < -0.3 is 4.74 Å². The third-order valence-corrected chi connectivity index (χ3v) is 5.76. The average molecular weight is 409 g/mol. The Hall–Kier alpha value is -2.99. The average Bonchev–Trinajstić information content (AvgIpc) is 3.13. The Balaban J connectivity index is 1.80. The summed E-state index contributed by atoms with van der Waals surface area (Å²) in [6.07, 6.45) is 0. The molecule has 1 amide bonds. The number of amides is 1. The van der Waals surface area contributed by atoms with E-state index in [0.29, 0.717) is 16.4 Å². The van der Waals surface area contributed by atoms with Crippen molar-refractivity contribution in [3.63, 3.8) is 0 Å². The van der Waals surface area contributed by atoms with Gasteiger partial charge in [0.1, 0.15) is 6.61 Å². The molecule has 0 saturated heterocycles. The van der Waals surface area contributed by atoms with Gasteiger partial charge in [-0.05, 0) is 56.0 Å². The Morgan fingerprint density at radius 2 is 1.62 bits per heavy atom. The van der Waals surface area contributed by atoms with Gasteiger partial charge in [-0.1, -0.05) is 30.3 Å². The topological polar surface area (TPSA) is 59.5 Å². The van der Waals surface area contributed by atoms with E-state index in [0.717, 1.165) is 27.9 Å². The molecule has 0 unspecified atom stereocenters. The summed E-state index contributed by atoms with van der Waals surface area (Å²) in [5.41, 5.74) is 5.96. The Morgan fingerprint density at radius 3 is 2.28 bits per heavy atom. The molecule has 6 heteroatoms. The van der Waals surface area contributed by atoms with E-state index in [1.165, 1.54) is 18.3 Å². The summed E-state index contributed by atoms with van der Waals surface area (Å²) in [5, 5.41) is 2.38. The van der Waals surface area contributed by atoms with Crippen LogP contribution in [0.25, 0.3) is 0 Å². The van der Waals surface area contributed by atoms with Crippen LogP contribution < -0.4 is 4.90 Å². The Kier molecular flexibility index (Phi) is 6.13. The molecule has 29 heavy (non-hydrogen) atoms. The molecule has 0 aliphatic heterocycles. The van der Waals surface area contributed by atoms with Crippen LogP contribution in [-0.4, -0.2) is 16.9 Å². The maximum Gasteiger partial charge on any atom is 0.338 e. The molecule has 0 fully saturated rings. The number of benzene rings is 2. The van der Waals surface area contributed by atoms with E-state index in [1.807, 2.05) is 63.4 Å². The first-order chi connectivity index (χ1) is 13.8. The van der Waals surface area contributed by atoms with Crippen molar-refractivity contribution in [1.82, 2.24) is 4.98 Å². The highest BCUT2D eigenvalue weighted by atomic mass is 32.1. The molecule has 0 N–H and O–H groups in total. The Morgan fingerprint density at radius 1 is 1.00 bits per heavy atom. The second-order valence-corrected chi connectivity index (χ2v) is 7.88. The lowest BCUT2D eigenvalue weighted by Crippen LogP contribution is -2.24. The standard InChI is InChI=1S/C23H24N2O3S/c1-14-8-7-11-20(17(14)4)22(27)28-12-19-13-29-23(24-19)25(18(5)26)21-15(2)9-6-10-16(21)3/h6-11,13H,12H2,1-5H3. The number of thiazole rings is 1. The maximum atomic E-state index is 12.4. The fraction of sp³-hybridized carbons (Fsp3) is 0.261. The minimum Gasteiger partial charge on any atom is -0.456 e. The molecule has 0 spiro atoms. The van der Waals surface area contributed by atoms with Crippen LogP contribution in [0.15, 0.2) is 41.8 Å². The van der Waals surface area contributed by atoms with Crippen LogP contribution in [0.3, 0.4) is 0 Å². The lowest BCUT2D eigenvalue weighted by Gasteiger charge is -2.22. The third kappa shape index (κ3) is 4.38. The second-order valence-electron chi connectivity index (χ2n) is 7.04. The number of carbonyl (C=O) groups excluding carboxylic acids is 2. The zero-order chi connectivity index (χ0) is 21.1. The molecule has 0 radical (unpaired) electrons. The highest BCUT2D eigenvalue weighted by Crippen LogP contribution is 2.33. The number of aromatic nitrogens is 1. The summed E-state index contributed by atoms with van der Waals surface area (Å²) in [7, 11) is 0. The van der Waals surface area contributed by atoms with Crippen LogP contribution in [0.1, 0.15) is 45.2 Å². The molecular formula is C23H24N2O3S. The Bertz CT molecular complexity index is 1050. The lowest BCUT2D eigenvalue weighted by atomic mass is 10.0. The zero-order valence-electron chi connectivity index (χ0n) is 17.3. The van der Waals surface area contributed by atoms with Crippen molar-refractivity contribution in [3.8, 4) is 0 Å². The maximum absolute atomic E-state index is 12.4. The molecule has 1 heterocycles. The lowest BCUT2D eigenvalue weighted by molar-refractivity contribution is -0.115. The molecule has 0 saturated carbocycles. The monoisotopic (exact) mass is 408 g/mol. The highest BCUT2D eigenvalue weighted by Gasteiger charge is 2.22. The molecule has 5 nitrogen and oxygen atoms in total. The number of esters is 1. The molecule has 2 aromatic carbocycles. The van der Waals surface area contributed by atoms with Crippen molar-refractivity contribution in [2.75, 3.05) is 4.90 Å². The van der Waals surface area contributed by atoms with E-state index in [9.17, 15) is 9.59 Å².